The van der Waals surface area contributed by atoms with E-state index in [0.717, 1.165) is 0 Å². The number of methoxy groups -OCH3 is 3. The minimum absolute atomic E-state index is 0.0126. The lowest BCUT2D eigenvalue weighted by atomic mass is 10.1. The summed E-state index contributed by atoms with van der Waals surface area (Å²) in [5.41, 5.74) is 2.70. The van der Waals surface area contributed by atoms with E-state index < -0.39 is 10.8 Å². The molecule has 0 radical (unpaired) electrons. The second-order valence-corrected chi connectivity index (χ2v) is 5.49. The summed E-state index contributed by atoms with van der Waals surface area (Å²) in [6.07, 6.45) is 1.26. The van der Waals surface area contributed by atoms with Crippen molar-refractivity contribution in [3.8, 4) is 17.2 Å². The number of nitro benzene ring substituents is 1. The van der Waals surface area contributed by atoms with Crippen molar-refractivity contribution in [2.45, 2.75) is 0 Å². The molecular weight excluding hydrogens is 378 g/mol. The zero-order valence-electron chi connectivity index (χ0n) is 14.7. The third-order valence-corrected chi connectivity index (χ3v) is 3.79. The number of nitrogens with one attached hydrogen (secondary N) is 1. The Bertz CT molecular complexity index is 875. The average molecular weight is 394 g/mol. The fraction of sp³-hybridized carbons (Fsp3) is 0.176. The Hall–Kier alpha value is -3.33. The van der Waals surface area contributed by atoms with Crippen LogP contribution in [0.3, 0.4) is 0 Å². The van der Waals surface area contributed by atoms with Crippen molar-refractivity contribution >= 4 is 29.4 Å². The number of hydrogen-bond donors (Lipinski definition) is 1. The molecule has 0 heterocycles. The summed E-state index contributed by atoms with van der Waals surface area (Å²) in [6, 6.07) is 7.10. The van der Waals surface area contributed by atoms with Crippen molar-refractivity contribution in [3.05, 3.63) is 56.6 Å². The predicted molar refractivity (Wildman–Crippen MR) is 99.3 cm³/mol. The van der Waals surface area contributed by atoms with Gasteiger partial charge >= 0.3 is 0 Å². The topological polar surface area (TPSA) is 112 Å². The first-order chi connectivity index (χ1) is 12.9. The van der Waals surface area contributed by atoms with Gasteiger partial charge in [0, 0.05) is 17.2 Å². The number of carbonyl (C=O) groups is 1. The lowest BCUT2D eigenvalue weighted by Crippen LogP contribution is -2.18. The molecular formula is C17H16ClN3O6. The van der Waals surface area contributed by atoms with Gasteiger partial charge < -0.3 is 14.2 Å². The van der Waals surface area contributed by atoms with Crippen molar-refractivity contribution in [2.24, 2.45) is 5.10 Å². The SMILES string of the molecule is COc1cc(C(=O)N/N=C/c2ccc(Cl)c([N+](=O)[O-])c2)cc(OC)c1OC. The van der Waals surface area contributed by atoms with Gasteiger partial charge in [0.05, 0.1) is 32.5 Å². The van der Waals surface area contributed by atoms with Gasteiger partial charge in [-0.3, -0.25) is 14.9 Å². The smallest absolute Gasteiger partial charge is 0.288 e. The van der Waals surface area contributed by atoms with Crippen LogP contribution >= 0.6 is 11.6 Å². The van der Waals surface area contributed by atoms with Gasteiger partial charge in [0.25, 0.3) is 11.6 Å². The average Bonchev–Trinajstić information content (AvgIpc) is 2.67. The Labute approximate surface area is 159 Å². The molecule has 142 valence electrons. The second-order valence-electron chi connectivity index (χ2n) is 5.08. The molecule has 0 fully saturated rings. The second kappa shape index (κ2) is 8.86. The molecule has 0 saturated heterocycles. The highest BCUT2D eigenvalue weighted by atomic mass is 35.5. The first-order valence-corrected chi connectivity index (χ1v) is 7.86. The maximum Gasteiger partial charge on any atom is 0.288 e. The van der Waals surface area contributed by atoms with Crippen molar-refractivity contribution in [1.82, 2.24) is 5.43 Å². The number of amides is 1. The number of halogens is 1. The van der Waals surface area contributed by atoms with E-state index in [2.05, 4.69) is 10.5 Å². The van der Waals surface area contributed by atoms with Gasteiger partial charge in [0.15, 0.2) is 11.5 Å². The van der Waals surface area contributed by atoms with E-state index in [1.807, 2.05) is 0 Å². The largest absolute Gasteiger partial charge is 0.493 e. The predicted octanol–water partition coefficient (Wildman–Crippen LogP) is 3.04. The summed E-state index contributed by atoms with van der Waals surface area (Å²) in [5, 5.41) is 14.7. The molecule has 10 heteroatoms. The number of hydrogen-bond acceptors (Lipinski definition) is 7. The van der Waals surface area contributed by atoms with Crippen molar-refractivity contribution in [1.29, 1.82) is 0 Å². The van der Waals surface area contributed by atoms with Gasteiger partial charge in [-0.1, -0.05) is 17.7 Å². The van der Waals surface area contributed by atoms with E-state index >= 15 is 0 Å². The Morgan fingerprint density at radius 2 is 1.78 bits per heavy atom. The van der Waals surface area contributed by atoms with Crippen LogP contribution in [0.5, 0.6) is 17.2 Å². The summed E-state index contributed by atoms with van der Waals surface area (Å²) in [6.45, 7) is 0. The first-order valence-electron chi connectivity index (χ1n) is 7.48. The highest BCUT2D eigenvalue weighted by Gasteiger charge is 2.17. The molecule has 0 unspecified atom stereocenters. The summed E-state index contributed by atoms with van der Waals surface area (Å²) in [5.74, 6) is 0.459. The van der Waals surface area contributed by atoms with E-state index in [1.165, 1.54) is 57.9 Å². The number of ether oxygens (including phenoxy) is 3. The molecule has 2 aromatic rings. The number of hydrazone groups is 1. The maximum absolute atomic E-state index is 12.3. The van der Waals surface area contributed by atoms with Crippen LogP contribution in [0, 0.1) is 10.1 Å². The monoisotopic (exact) mass is 393 g/mol. The van der Waals surface area contributed by atoms with E-state index in [0.29, 0.717) is 22.8 Å². The zero-order chi connectivity index (χ0) is 20.0. The Morgan fingerprint density at radius 3 is 2.30 bits per heavy atom. The minimum atomic E-state index is -0.603. The molecule has 0 atom stereocenters. The molecule has 0 aliphatic heterocycles. The number of carbonyl (C=O) groups excluding carboxylic acids is 1. The van der Waals surface area contributed by atoms with Crippen LogP contribution in [0.15, 0.2) is 35.4 Å². The molecule has 2 aromatic carbocycles. The minimum Gasteiger partial charge on any atom is -0.493 e. The van der Waals surface area contributed by atoms with Gasteiger partial charge in [0.1, 0.15) is 5.02 Å². The molecule has 0 aliphatic rings. The summed E-state index contributed by atoms with van der Waals surface area (Å²) in [7, 11) is 4.32. The fourth-order valence-electron chi connectivity index (χ4n) is 2.19. The van der Waals surface area contributed by atoms with Gasteiger partial charge in [-0.25, -0.2) is 5.43 Å². The normalized spacial score (nSPS) is 10.5. The highest BCUT2D eigenvalue weighted by Crippen LogP contribution is 2.38. The molecule has 0 aliphatic carbocycles. The van der Waals surface area contributed by atoms with E-state index in [-0.39, 0.29) is 16.3 Å². The summed E-state index contributed by atoms with van der Waals surface area (Å²) in [4.78, 5) is 22.6. The van der Waals surface area contributed by atoms with Crippen LogP contribution in [0.2, 0.25) is 5.02 Å². The molecule has 9 nitrogen and oxygen atoms in total. The van der Waals surface area contributed by atoms with Crippen LogP contribution in [0.4, 0.5) is 5.69 Å². The Kier molecular flexibility index (Phi) is 6.56. The third-order valence-electron chi connectivity index (χ3n) is 3.47. The maximum atomic E-state index is 12.3. The molecule has 2 rings (SSSR count). The zero-order valence-corrected chi connectivity index (χ0v) is 15.4. The molecule has 0 saturated carbocycles. The van der Waals surface area contributed by atoms with Crippen LogP contribution in [0.1, 0.15) is 15.9 Å². The van der Waals surface area contributed by atoms with Gasteiger partial charge in [-0.05, 0) is 18.2 Å². The van der Waals surface area contributed by atoms with Crippen molar-refractivity contribution in [2.75, 3.05) is 21.3 Å². The Balaban J connectivity index is 2.19. The summed E-state index contributed by atoms with van der Waals surface area (Å²) < 4.78 is 15.6. The van der Waals surface area contributed by atoms with Crippen LogP contribution < -0.4 is 19.6 Å². The summed E-state index contributed by atoms with van der Waals surface area (Å²) >= 11 is 5.75. The van der Waals surface area contributed by atoms with Gasteiger partial charge in [-0.2, -0.15) is 5.10 Å². The lowest BCUT2D eigenvalue weighted by Gasteiger charge is -2.13. The first kappa shape index (κ1) is 20.0. The number of benzene rings is 2. The standard InChI is InChI=1S/C17H16ClN3O6/c1-25-14-7-11(8-15(26-2)16(14)27-3)17(22)20-19-9-10-4-5-12(18)13(6-10)21(23)24/h4-9H,1-3H3,(H,20,22)/b19-9+. The number of nitrogens with zero attached hydrogens (tertiary/aromatic N) is 2. The van der Waals surface area contributed by atoms with Crippen LogP contribution in [-0.2, 0) is 0 Å². The molecule has 27 heavy (non-hydrogen) atoms. The van der Waals surface area contributed by atoms with Gasteiger partial charge in [0.2, 0.25) is 5.75 Å². The quantitative estimate of drug-likeness (QED) is 0.439. The highest BCUT2D eigenvalue weighted by molar-refractivity contribution is 6.32. The lowest BCUT2D eigenvalue weighted by molar-refractivity contribution is -0.384. The van der Waals surface area contributed by atoms with E-state index in [1.54, 1.807) is 0 Å². The van der Waals surface area contributed by atoms with Gasteiger partial charge in [-0.15, -0.1) is 0 Å². The molecule has 1 amide bonds. The van der Waals surface area contributed by atoms with Crippen LogP contribution in [0.25, 0.3) is 0 Å². The number of rotatable bonds is 7. The van der Waals surface area contributed by atoms with E-state index in [4.69, 9.17) is 25.8 Å². The molecule has 0 aromatic heterocycles. The van der Waals surface area contributed by atoms with E-state index in [9.17, 15) is 14.9 Å². The van der Waals surface area contributed by atoms with Crippen LogP contribution in [-0.4, -0.2) is 38.4 Å². The third kappa shape index (κ3) is 4.64. The molecule has 1 N–H and O–H groups in total. The fourth-order valence-corrected chi connectivity index (χ4v) is 2.38. The molecule has 0 bridgehead atoms. The Morgan fingerprint density at radius 1 is 1.15 bits per heavy atom. The number of nitro groups is 1. The molecule has 0 spiro atoms. The van der Waals surface area contributed by atoms with Crippen molar-refractivity contribution < 1.29 is 23.9 Å². The van der Waals surface area contributed by atoms with Crippen molar-refractivity contribution in [3.63, 3.8) is 0 Å².